The molecule has 0 fully saturated rings. The van der Waals surface area contributed by atoms with Crippen molar-refractivity contribution in [1.82, 2.24) is 5.32 Å². The molecule has 4 nitrogen and oxygen atoms in total. The van der Waals surface area contributed by atoms with Gasteiger partial charge in [0.25, 0.3) is 0 Å². The van der Waals surface area contributed by atoms with Crippen LogP contribution in [-0.4, -0.2) is 11.7 Å². The van der Waals surface area contributed by atoms with Gasteiger partial charge in [-0.2, -0.15) is 0 Å². The van der Waals surface area contributed by atoms with E-state index in [0.717, 1.165) is 23.9 Å². The molecule has 0 unspecified atom stereocenters. The number of benzene rings is 1. The highest BCUT2D eigenvalue weighted by Crippen LogP contribution is 2.27. The summed E-state index contributed by atoms with van der Waals surface area (Å²) in [6, 6.07) is 4.94. The molecular formula is C16H21NO3. The lowest BCUT2D eigenvalue weighted by molar-refractivity contribution is 0.468. The minimum atomic E-state index is -0.383. The Hall–Kier alpha value is -1.81. The van der Waals surface area contributed by atoms with Crippen LogP contribution in [-0.2, 0) is 6.54 Å². The first-order valence-electron chi connectivity index (χ1n) is 6.95. The van der Waals surface area contributed by atoms with E-state index in [1.165, 1.54) is 6.07 Å². The molecule has 0 atom stereocenters. The second-order valence-electron chi connectivity index (χ2n) is 5.54. The van der Waals surface area contributed by atoms with E-state index in [-0.39, 0.29) is 11.4 Å². The van der Waals surface area contributed by atoms with Crippen molar-refractivity contribution in [1.29, 1.82) is 0 Å². The van der Waals surface area contributed by atoms with E-state index >= 15 is 0 Å². The third-order valence-corrected chi connectivity index (χ3v) is 3.43. The smallest absolute Gasteiger partial charge is 0.336 e. The summed E-state index contributed by atoms with van der Waals surface area (Å²) in [5, 5.41) is 13.9. The number of hydrogen-bond acceptors (Lipinski definition) is 4. The van der Waals surface area contributed by atoms with Gasteiger partial charge in [0, 0.05) is 23.6 Å². The molecule has 20 heavy (non-hydrogen) atoms. The number of phenolic OH excluding ortho intramolecular Hbond substituents is 1. The maximum atomic E-state index is 11.6. The molecular weight excluding hydrogens is 254 g/mol. The van der Waals surface area contributed by atoms with Gasteiger partial charge in [0.15, 0.2) is 0 Å². The van der Waals surface area contributed by atoms with Crippen molar-refractivity contribution >= 4 is 11.0 Å². The molecule has 0 aliphatic rings. The number of aromatic hydroxyl groups is 1. The predicted molar refractivity (Wildman–Crippen MR) is 80.0 cm³/mol. The zero-order valence-electron chi connectivity index (χ0n) is 12.2. The van der Waals surface area contributed by atoms with Crippen LogP contribution < -0.4 is 10.9 Å². The summed E-state index contributed by atoms with van der Waals surface area (Å²) in [6.45, 7) is 7.65. The Kier molecular flexibility index (Phi) is 4.45. The Morgan fingerprint density at radius 1 is 1.35 bits per heavy atom. The van der Waals surface area contributed by atoms with E-state index in [9.17, 15) is 9.90 Å². The highest BCUT2D eigenvalue weighted by atomic mass is 16.4. The molecule has 108 valence electrons. The van der Waals surface area contributed by atoms with Crippen LogP contribution in [0.1, 0.15) is 31.4 Å². The first-order chi connectivity index (χ1) is 9.49. The van der Waals surface area contributed by atoms with Crippen molar-refractivity contribution in [3.63, 3.8) is 0 Å². The molecule has 0 bridgehead atoms. The normalized spacial score (nSPS) is 11.4. The highest BCUT2D eigenvalue weighted by molar-refractivity contribution is 5.84. The monoisotopic (exact) mass is 275 g/mol. The van der Waals surface area contributed by atoms with Gasteiger partial charge in [-0.1, -0.05) is 13.8 Å². The Labute approximate surface area is 118 Å². The van der Waals surface area contributed by atoms with Crippen molar-refractivity contribution in [2.24, 2.45) is 5.92 Å². The summed E-state index contributed by atoms with van der Waals surface area (Å²) < 4.78 is 5.22. The van der Waals surface area contributed by atoms with Gasteiger partial charge in [0.05, 0.1) is 0 Å². The lowest BCUT2D eigenvalue weighted by Crippen LogP contribution is -2.17. The van der Waals surface area contributed by atoms with Crippen LogP contribution in [0.15, 0.2) is 27.4 Å². The number of rotatable bonds is 5. The molecule has 1 aromatic carbocycles. The van der Waals surface area contributed by atoms with E-state index in [4.69, 9.17) is 4.42 Å². The summed E-state index contributed by atoms with van der Waals surface area (Å²) in [5.74, 6) is 0.796. The van der Waals surface area contributed by atoms with Gasteiger partial charge in [0.2, 0.25) is 0 Å². The van der Waals surface area contributed by atoms with Gasteiger partial charge in [-0.3, -0.25) is 0 Å². The van der Waals surface area contributed by atoms with Crippen LogP contribution in [0.5, 0.6) is 5.75 Å². The Morgan fingerprint density at radius 3 is 2.80 bits per heavy atom. The second-order valence-corrected chi connectivity index (χ2v) is 5.54. The van der Waals surface area contributed by atoms with Crippen LogP contribution in [0.3, 0.4) is 0 Å². The maximum absolute atomic E-state index is 11.6. The minimum absolute atomic E-state index is 0.144. The number of fused-ring (bicyclic) bond motifs is 1. The zero-order chi connectivity index (χ0) is 14.7. The third kappa shape index (κ3) is 3.20. The summed E-state index contributed by atoms with van der Waals surface area (Å²) in [5.41, 5.74) is 1.59. The number of nitrogens with one attached hydrogen (secondary N) is 1. The lowest BCUT2D eigenvalue weighted by atomic mass is 10.1. The van der Waals surface area contributed by atoms with Gasteiger partial charge in [0.1, 0.15) is 11.3 Å². The molecule has 0 aliphatic carbocycles. The molecule has 2 rings (SSSR count). The Bertz CT molecular complexity index is 659. The SMILES string of the molecule is Cc1c(O)ccc2c(CNCCC(C)C)cc(=O)oc12. The van der Waals surface area contributed by atoms with E-state index in [1.54, 1.807) is 19.1 Å². The topological polar surface area (TPSA) is 62.5 Å². The third-order valence-electron chi connectivity index (χ3n) is 3.43. The molecule has 2 aromatic rings. The fraction of sp³-hybridized carbons (Fsp3) is 0.438. The first kappa shape index (κ1) is 14.6. The fourth-order valence-electron chi connectivity index (χ4n) is 2.18. The first-order valence-corrected chi connectivity index (χ1v) is 6.95. The molecule has 0 radical (unpaired) electrons. The summed E-state index contributed by atoms with van der Waals surface area (Å²) >= 11 is 0. The number of aryl methyl sites for hydroxylation is 1. The molecule has 0 aliphatic heterocycles. The van der Waals surface area contributed by atoms with Crippen LogP contribution in [0.4, 0.5) is 0 Å². The Morgan fingerprint density at radius 2 is 2.10 bits per heavy atom. The molecule has 1 aromatic heterocycles. The van der Waals surface area contributed by atoms with Crippen molar-refractivity contribution in [2.45, 2.75) is 33.7 Å². The average Bonchev–Trinajstić information content (AvgIpc) is 2.39. The van der Waals surface area contributed by atoms with E-state index in [1.807, 2.05) is 0 Å². The fourth-order valence-corrected chi connectivity index (χ4v) is 2.18. The molecule has 0 saturated carbocycles. The quantitative estimate of drug-likeness (QED) is 0.650. The van der Waals surface area contributed by atoms with Crippen LogP contribution in [0, 0.1) is 12.8 Å². The van der Waals surface area contributed by atoms with Crippen LogP contribution in [0.25, 0.3) is 11.0 Å². The molecule has 2 N–H and O–H groups in total. The second kappa shape index (κ2) is 6.09. The predicted octanol–water partition coefficient (Wildman–Crippen LogP) is 2.94. The van der Waals surface area contributed by atoms with Crippen molar-refractivity contribution in [3.8, 4) is 5.75 Å². The van der Waals surface area contributed by atoms with Gasteiger partial charge in [-0.05, 0) is 43.5 Å². The average molecular weight is 275 g/mol. The minimum Gasteiger partial charge on any atom is -0.508 e. The molecule has 4 heteroatoms. The van der Waals surface area contributed by atoms with E-state index in [2.05, 4.69) is 19.2 Å². The van der Waals surface area contributed by atoms with Gasteiger partial charge in [-0.25, -0.2) is 4.79 Å². The van der Waals surface area contributed by atoms with Gasteiger partial charge >= 0.3 is 5.63 Å². The molecule has 1 heterocycles. The standard InChI is InChI=1S/C16H21NO3/c1-10(2)6-7-17-9-12-8-15(19)20-16-11(3)14(18)5-4-13(12)16/h4-5,8,10,17-18H,6-7,9H2,1-3H3. The van der Waals surface area contributed by atoms with E-state index < -0.39 is 0 Å². The Balaban J connectivity index is 2.29. The number of phenols is 1. The van der Waals surface area contributed by atoms with Crippen LogP contribution in [0.2, 0.25) is 0 Å². The lowest BCUT2D eigenvalue weighted by Gasteiger charge is -2.10. The maximum Gasteiger partial charge on any atom is 0.336 e. The van der Waals surface area contributed by atoms with Crippen molar-refractivity contribution in [2.75, 3.05) is 6.54 Å². The summed E-state index contributed by atoms with van der Waals surface area (Å²) in [7, 11) is 0. The highest BCUT2D eigenvalue weighted by Gasteiger charge is 2.10. The largest absolute Gasteiger partial charge is 0.508 e. The summed E-state index contributed by atoms with van der Waals surface area (Å²) in [6.07, 6.45) is 1.10. The van der Waals surface area contributed by atoms with Crippen molar-refractivity contribution < 1.29 is 9.52 Å². The zero-order valence-corrected chi connectivity index (χ0v) is 12.2. The van der Waals surface area contributed by atoms with Crippen LogP contribution >= 0.6 is 0 Å². The van der Waals surface area contributed by atoms with Gasteiger partial charge in [-0.15, -0.1) is 0 Å². The molecule has 0 amide bonds. The molecule has 0 saturated heterocycles. The molecule has 0 spiro atoms. The van der Waals surface area contributed by atoms with Crippen molar-refractivity contribution in [3.05, 3.63) is 39.7 Å². The summed E-state index contributed by atoms with van der Waals surface area (Å²) in [4.78, 5) is 11.6. The van der Waals surface area contributed by atoms with Gasteiger partial charge < -0.3 is 14.8 Å². The number of hydrogen-bond donors (Lipinski definition) is 2. The van der Waals surface area contributed by atoms with E-state index in [0.29, 0.717) is 23.6 Å².